The van der Waals surface area contributed by atoms with Gasteiger partial charge in [-0.3, -0.25) is 0 Å². The molecule has 1 heteroatoms. The Morgan fingerprint density at radius 3 is 2.00 bits per heavy atom. The standard InChI is InChI=1S/C7H11N/c1-6-2-7(3-6,4-6)5-8/h5,8H,2-4H2,1H3. The molecule has 1 N–H and O–H groups in total. The van der Waals surface area contributed by atoms with Crippen LogP contribution in [-0.2, 0) is 0 Å². The average Bonchev–Trinajstić information content (AvgIpc) is 1.55. The minimum atomic E-state index is 0.411. The van der Waals surface area contributed by atoms with Crippen molar-refractivity contribution in [2.45, 2.75) is 26.2 Å². The lowest BCUT2D eigenvalue weighted by Gasteiger charge is -2.68. The molecule has 8 heavy (non-hydrogen) atoms. The highest BCUT2D eigenvalue weighted by Crippen LogP contribution is 2.71. The zero-order valence-corrected chi connectivity index (χ0v) is 5.20. The zero-order valence-electron chi connectivity index (χ0n) is 5.20. The largest absolute Gasteiger partial charge is 0.313 e. The Bertz CT molecular complexity index is 129. The first kappa shape index (κ1) is 4.54. The lowest BCUT2D eigenvalue weighted by Crippen LogP contribution is -2.60. The number of rotatable bonds is 1. The summed E-state index contributed by atoms with van der Waals surface area (Å²) in [5.41, 5.74) is 1.09. The molecular weight excluding hydrogens is 98.1 g/mol. The highest BCUT2D eigenvalue weighted by Gasteiger charge is 2.63. The SMILES string of the molecule is CC12CC(C=N)(C1)C2. The monoisotopic (exact) mass is 109 g/mol. The van der Waals surface area contributed by atoms with Crippen molar-refractivity contribution in [2.24, 2.45) is 10.8 Å². The Morgan fingerprint density at radius 2 is 1.88 bits per heavy atom. The van der Waals surface area contributed by atoms with Gasteiger partial charge in [-0.1, -0.05) is 6.92 Å². The highest BCUT2D eigenvalue weighted by molar-refractivity contribution is 5.68. The Kier molecular flexibility index (Phi) is 0.496. The normalized spacial score (nSPS) is 58.6. The fourth-order valence-electron chi connectivity index (χ4n) is 2.55. The van der Waals surface area contributed by atoms with Crippen molar-refractivity contribution >= 4 is 6.21 Å². The van der Waals surface area contributed by atoms with Gasteiger partial charge in [0, 0.05) is 11.6 Å². The fourth-order valence-corrected chi connectivity index (χ4v) is 2.55. The molecule has 0 atom stereocenters. The number of hydrogen-bond donors (Lipinski definition) is 1. The summed E-state index contributed by atoms with van der Waals surface area (Å²) < 4.78 is 0. The maximum absolute atomic E-state index is 7.06. The zero-order chi connectivity index (χ0) is 5.83. The van der Waals surface area contributed by atoms with E-state index in [1.54, 1.807) is 6.21 Å². The first-order chi connectivity index (χ1) is 3.68. The lowest BCUT2D eigenvalue weighted by molar-refractivity contribution is -0.134. The van der Waals surface area contributed by atoms with Crippen LogP contribution in [0.1, 0.15) is 26.2 Å². The molecule has 3 fully saturated rings. The lowest BCUT2D eigenvalue weighted by atomic mass is 9.36. The van der Waals surface area contributed by atoms with Crippen LogP contribution in [0.4, 0.5) is 0 Å². The average molecular weight is 109 g/mol. The molecule has 0 amide bonds. The molecule has 0 aromatic carbocycles. The summed E-state index contributed by atoms with van der Waals surface area (Å²) in [6, 6.07) is 0. The molecule has 0 unspecified atom stereocenters. The van der Waals surface area contributed by atoms with Crippen molar-refractivity contribution in [2.75, 3.05) is 0 Å². The molecule has 0 aromatic rings. The summed E-state index contributed by atoms with van der Waals surface area (Å²) in [7, 11) is 0. The number of nitrogens with one attached hydrogen (secondary N) is 1. The molecule has 0 saturated heterocycles. The molecule has 1 nitrogen and oxygen atoms in total. The van der Waals surface area contributed by atoms with Gasteiger partial charge in [-0.25, -0.2) is 0 Å². The molecule has 2 bridgehead atoms. The Labute approximate surface area is 49.6 Å². The van der Waals surface area contributed by atoms with Gasteiger partial charge in [-0.05, 0) is 24.7 Å². The van der Waals surface area contributed by atoms with Crippen LogP contribution in [0.3, 0.4) is 0 Å². The second-order valence-corrected chi connectivity index (χ2v) is 3.85. The van der Waals surface area contributed by atoms with E-state index in [0.717, 1.165) is 0 Å². The van der Waals surface area contributed by atoms with E-state index in [2.05, 4.69) is 6.92 Å². The molecule has 0 spiro atoms. The van der Waals surface area contributed by atoms with Crippen LogP contribution in [0, 0.1) is 16.2 Å². The highest BCUT2D eigenvalue weighted by atomic mass is 14.7. The molecule has 3 aliphatic carbocycles. The van der Waals surface area contributed by atoms with Crippen molar-refractivity contribution in [3.63, 3.8) is 0 Å². The molecule has 3 saturated carbocycles. The van der Waals surface area contributed by atoms with Gasteiger partial charge in [0.05, 0.1) is 0 Å². The van der Waals surface area contributed by atoms with E-state index in [1.807, 2.05) is 0 Å². The molecule has 44 valence electrons. The van der Waals surface area contributed by atoms with Gasteiger partial charge in [0.25, 0.3) is 0 Å². The van der Waals surface area contributed by atoms with Crippen molar-refractivity contribution < 1.29 is 0 Å². The molecule has 0 heterocycles. The van der Waals surface area contributed by atoms with E-state index in [-0.39, 0.29) is 0 Å². The van der Waals surface area contributed by atoms with Crippen LogP contribution < -0.4 is 0 Å². The van der Waals surface area contributed by atoms with Crippen LogP contribution in [0.25, 0.3) is 0 Å². The van der Waals surface area contributed by atoms with E-state index in [0.29, 0.717) is 10.8 Å². The summed E-state index contributed by atoms with van der Waals surface area (Å²) in [5, 5.41) is 7.06. The van der Waals surface area contributed by atoms with Gasteiger partial charge in [0.15, 0.2) is 0 Å². The molecule has 3 rings (SSSR count). The van der Waals surface area contributed by atoms with E-state index in [1.165, 1.54) is 19.3 Å². The van der Waals surface area contributed by atoms with Gasteiger partial charge in [-0.15, -0.1) is 0 Å². The van der Waals surface area contributed by atoms with Crippen molar-refractivity contribution in [1.82, 2.24) is 0 Å². The van der Waals surface area contributed by atoms with Crippen molar-refractivity contribution in [3.8, 4) is 0 Å². The van der Waals surface area contributed by atoms with Crippen molar-refractivity contribution in [1.29, 1.82) is 5.41 Å². The van der Waals surface area contributed by atoms with Gasteiger partial charge in [0.2, 0.25) is 0 Å². The second-order valence-electron chi connectivity index (χ2n) is 3.85. The topological polar surface area (TPSA) is 23.9 Å². The van der Waals surface area contributed by atoms with Crippen LogP contribution in [0.2, 0.25) is 0 Å². The summed E-state index contributed by atoms with van der Waals surface area (Å²) in [6.45, 7) is 2.32. The van der Waals surface area contributed by atoms with E-state index >= 15 is 0 Å². The van der Waals surface area contributed by atoms with Crippen LogP contribution in [-0.4, -0.2) is 6.21 Å². The molecule has 3 aliphatic rings. The molecule has 0 aliphatic heterocycles. The second kappa shape index (κ2) is 0.873. The third kappa shape index (κ3) is 0.289. The molecular formula is C7H11N. The third-order valence-corrected chi connectivity index (χ3v) is 2.64. The van der Waals surface area contributed by atoms with Crippen molar-refractivity contribution in [3.05, 3.63) is 0 Å². The number of hydrogen-bond acceptors (Lipinski definition) is 1. The van der Waals surface area contributed by atoms with E-state index < -0.39 is 0 Å². The third-order valence-electron chi connectivity index (χ3n) is 2.64. The van der Waals surface area contributed by atoms with Gasteiger partial charge in [-0.2, -0.15) is 0 Å². The summed E-state index contributed by atoms with van der Waals surface area (Å²) in [6.07, 6.45) is 5.54. The summed E-state index contributed by atoms with van der Waals surface area (Å²) >= 11 is 0. The Balaban J connectivity index is 2.13. The first-order valence-corrected chi connectivity index (χ1v) is 3.20. The van der Waals surface area contributed by atoms with Gasteiger partial charge < -0.3 is 5.41 Å². The minimum absolute atomic E-state index is 0.411. The maximum Gasteiger partial charge on any atom is 0.00651 e. The quantitative estimate of drug-likeness (QED) is 0.497. The predicted octanol–water partition coefficient (Wildman–Crippen LogP) is 1.83. The fraction of sp³-hybridized carbons (Fsp3) is 0.857. The first-order valence-electron chi connectivity index (χ1n) is 3.20. The summed E-state index contributed by atoms with van der Waals surface area (Å²) in [4.78, 5) is 0. The summed E-state index contributed by atoms with van der Waals surface area (Å²) in [5.74, 6) is 0. The predicted molar refractivity (Wildman–Crippen MR) is 33.2 cm³/mol. The van der Waals surface area contributed by atoms with Gasteiger partial charge >= 0.3 is 0 Å². The molecule has 0 radical (unpaired) electrons. The van der Waals surface area contributed by atoms with Crippen LogP contribution in [0.15, 0.2) is 0 Å². The Morgan fingerprint density at radius 1 is 1.38 bits per heavy atom. The van der Waals surface area contributed by atoms with Gasteiger partial charge in [0.1, 0.15) is 0 Å². The van der Waals surface area contributed by atoms with E-state index in [9.17, 15) is 0 Å². The Hall–Kier alpha value is -0.330. The van der Waals surface area contributed by atoms with E-state index in [4.69, 9.17) is 5.41 Å². The smallest absolute Gasteiger partial charge is 0.00651 e. The molecule has 0 aromatic heterocycles. The maximum atomic E-state index is 7.06. The van der Waals surface area contributed by atoms with Crippen LogP contribution >= 0.6 is 0 Å². The van der Waals surface area contributed by atoms with Crippen LogP contribution in [0.5, 0.6) is 0 Å². The minimum Gasteiger partial charge on any atom is -0.313 e.